The number of hydrogen-bond donors (Lipinski definition) is 1. The molecule has 0 spiro atoms. The summed E-state index contributed by atoms with van der Waals surface area (Å²) in [6, 6.07) is 16.1. The van der Waals surface area contributed by atoms with Crippen molar-refractivity contribution in [2.24, 2.45) is 5.73 Å². The van der Waals surface area contributed by atoms with Gasteiger partial charge in [0.1, 0.15) is 16.7 Å². The summed E-state index contributed by atoms with van der Waals surface area (Å²) in [7, 11) is 0. The fourth-order valence-corrected chi connectivity index (χ4v) is 4.96. The molecule has 3 aromatic rings. The van der Waals surface area contributed by atoms with E-state index in [4.69, 9.17) is 31.5 Å². The number of carbonyl (C=O) groups excluding carboxylic acids is 3. The van der Waals surface area contributed by atoms with Crippen molar-refractivity contribution in [3.8, 4) is 0 Å². The molecular weight excluding hydrogens is 534 g/mol. The van der Waals surface area contributed by atoms with Crippen LogP contribution in [0.3, 0.4) is 0 Å². The van der Waals surface area contributed by atoms with E-state index in [9.17, 15) is 14.4 Å². The monoisotopic (exact) mass is 563 g/mol. The maximum atomic E-state index is 13.8. The molecule has 40 heavy (non-hydrogen) atoms. The molecule has 208 valence electrons. The number of aryl methyl sites for hydroxylation is 1. The molecule has 0 amide bonds. The molecule has 4 rings (SSSR count). The highest BCUT2D eigenvalue weighted by molar-refractivity contribution is 6.31. The second-order valence-corrected chi connectivity index (χ2v) is 9.25. The van der Waals surface area contributed by atoms with E-state index in [1.165, 1.54) is 4.90 Å². The van der Waals surface area contributed by atoms with Gasteiger partial charge in [-0.05, 0) is 57.5 Å². The lowest BCUT2D eigenvalue weighted by atomic mass is 9.80. The summed E-state index contributed by atoms with van der Waals surface area (Å²) >= 11 is 6.71. The number of nitrogens with zero attached hydrogens (tertiary/aromatic N) is 2. The Morgan fingerprint density at radius 1 is 0.875 bits per heavy atom. The number of aromatic nitrogens is 1. The van der Waals surface area contributed by atoms with Gasteiger partial charge in [-0.15, -0.1) is 0 Å². The molecule has 0 saturated carbocycles. The number of benzene rings is 2. The molecule has 1 aliphatic rings. The van der Waals surface area contributed by atoms with E-state index < -0.39 is 23.8 Å². The highest BCUT2D eigenvalue weighted by Crippen LogP contribution is 2.46. The van der Waals surface area contributed by atoms with Gasteiger partial charge in [0, 0.05) is 16.6 Å². The van der Waals surface area contributed by atoms with Gasteiger partial charge in [-0.2, -0.15) is 0 Å². The molecule has 1 aliphatic heterocycles. The van der Waals surface area contributed by atoms with Gasteiger partial charge in [-0.3, -0.25) is 4.90 Å². The first kappa shape index (κ1) is 28.6. The fourth-order valence-electron chi connectivity index (χ4n) is 4.70. The Morgan fingerprint density at radius 2 is 1.50 bits per heavy atom. The number of fused-ring (bicyclic) bond motifs is 1. The van der Waals surface area contributed by atoms with Crippen LogP contribution in [0, 0.1) is 6.92 Å². The molecule has 0 fully saturated rings. The van der Waals surface area contributed by atoms with Crippen LogP contribution >= 0.6 is 11.6 Å². The van der Waals surface area contributed by atoms with Crippen molar-refractivity contribution in [2.45, 2.75) is 33.6 Å². The van der Waals surface area contributed by atoms with Crippen molar-refractivity contribution in [1.82, 2.24) is 4.98 Å². The Labute approximate surface area is 237 Å². The molecule has 10 heteroatoms. The maximum absolute atomic E-state index is 13.8. The number of nitrogens with two attached hydrogens (primary N) is 1. The topological polar surface area (TPSA) is 121 Å². The SMILES string of the molecule is CCOC(=O)C1=C(N)N(c2cccc(C)c2)C(C(=O)OCC)=C(C(=O)OCC)C1c1cc2ccccc2nc1Cl. The van der Waals surface area contributed by atoms with Crippen molar-refractivity contribution in [1.29, 1.82) is 0 Å². The number of hydrogen-bond acceptors (Lipinski definition) is 9. The molecule has 0 bridgehead atoms. The lowest BCUT2D eigenvalue weighted by molar-refractivity contribution is -0.142. The third-order valence-corrected chi connectivity index (χ3v) is 6.61. The third kappa shape index (κ3) is 5.37. The molecule has 1 aromatic heterocycles. The molecule has 2 N–H and O–H groups in total. The van der Waals surface area contributed by atoms with Gasteiger partial charge in [0.25, 0.3) is 0 Å². The summed E-state index contributed by atoms with van der Waals surface area (Å²) in [5, 5.41) is 0.720. The number of pyridine rings is 1. The third-order valence-electron chi connectivity index (χ3n) is 6.31. The zero-order chi connectivity index (χ0) is 29.0. The lowest BCUT2D eigenvalue weighted by Gasteiger charge is -2.37. The fraction of sp³-hybridized carbons (Fsp3) is 0.267. The number of esters is 3. The molecular formula is C30H30ClN3O6. The Balaban J connectivity index is 2.15. The maximum Gasteiger partial charge on any atom is 0.355 e. The largest absolute Gasteiger partial charge is 0.463 e. The first-order chi connectivity index (χ1) is 19.2. The van der Waals surface area contributed by atoms with Crippen LogP contribution in [0.25, 0.3) is 10.9 Å². The van der Waals surface area contributed by atoms with Crippen molar-refractivity contribution in [3.63, 3.8) is 0 Å². The van der Waals surface area contributed by atoms with Crippen LogP contribution in [0.2, 0.25) is 5.15 Å². The first-order valence-electron chi connectivity index (χ1n) is 12.9. The second-order valence-electron chi connectivity index (χ2n) is 8.89. The van der Waals surface area contributed by atoms with Gasteiger partial charge in [0.2, 0.25) is 0 Å². The van der Waals surface area contributed by atoms with Crippen LogP contribution < -0.4 is 10.6 Å². The zero-order valence-corrected chi connectivity index (χ0v) is 23.4. The predicted octanol–water partition coefficient (Wildman–Crippen LogP) is 4.91. The van der Waals surface area contributed by atoms with E-state index >= 15 is 0 Å². The van der Waals surface area contributed by atoms with Gasteiger partial charge in [0.05, 0.1) is 42.4 Å². The van der Waals surface area contributed by atoms with Crippen LogP contribution in [-0.4, -0.2) is 42.7 Å². The van der Waals surface area contributed by atoms with Crippen LogP contribution in [0.15, 0.2) is 77.3 Å². The number of anilines is 1. The highest BCUT2D eigenvalue weighted by atomic mass is 35.5. The molecule has 2 aromatic carbocycles. The van der Waals surface area contributed by atoms with Crippen molar-refractivity contribution < 1.29 is 28.6 Å². The zero-order valence-electron chi connectivity index (χ0n) is 22.7. The highest BCUT2D eigenvalue weighted by Gasteiger charge is 2.46. The molecule has 0 radical (unpaired) electrons. The average molecular weight is 564 g/mol. The van der Waals surface area contributed by atoms with Gasteiger partial charge in [-0.1, -0.05) is 41.9 Å². The van der Waals surface area contributed by atoms with Crippen molar-refractivity contribution >= 4 is 46.1 Å². The molecule has 9 nitrogen and oxygen atoms in total. The average Bonchev–Trinajstić information content (AvgIpc) is 2.92. The second kappa shape index (κ2) is 12.2. The summed E-state index contributed by atoms with van der Waals surface area (Å²) in [6.07, 6.45) is 0. The van der Waals surface area contributed by atoms with E-state index in [0.29, 0.717) is 16.6 Å². The van der Waals surface area contributed by atoms with Gasteiger partial charge >= 0.3 is 17.9 Å². The van der Waals surface area contributed by atoms with Crippen LogP contribution in [-0.2, 0) is 28.6 Å². The first-order valence-corrected chi connectivity index (χ1v) is 13.3. The van der Waals surface area contributed by atoms with Crippen LogP contribution in [0.4, 0.5) is 5.69 Å². The molecule has 1 unspecified atom stereocenters. The summed E-state index contributed by atoms with van der Waals surface area (Å²) in [5.74, 6) is -3.81. The molecule has 1 atom stereocenters. The smallest absolute Gasteiger partial charge is 0.355 e. The van der Waals surface area contributed by atoms with E-state index in [1.54, 1.807) is 51.1 Å². The summed E-state index contributed by atoms with van der Waals surface area (Å²) in [5.41, 5.74) is 8.47. The van der Waals surface area contributed by atoms with Crippen LogP contribution in [0.5, 0.6) is 0 Å². The summed E-state index contributed by atoms with van der Waals surface area (Å²) < 4.78 is 16.3. The van der Waals surface area contributed by atoms with E-state index in [0.717, 1.165) is 5.56 Å². The minimum absolute atomic E-state index is 0.00719. The number of halogens is 1. The Bertz CT molecular complexity index is 1550. The number of carbonyl (C=O) groups is 3. The number of rotatable bonds is 8. The van der Waals surface area contributed by atoms with Gasteiger partial charge in [0.15, 0.2) is 0 Å². The quantitative estimate of drug-likeness (QED) is 0.231. The Hall–Kier alpha value is -4.37. The normalized spacial score (nSPS) is 15.3. The van der Waals surface area contributed by atoms with Crippen molar-refractivity contribution in [2.75, 3.05) is 24.7 Å². The minimum Gasteiger partial charge on any atom is -0.463 e. The number of ether oxygens (including phenoxy) is 3. The van der Waals surface area contributed by atoms with Crippen molar-refractivity contribution in [3.05, 3.63) is 93.5 Å². The van der Waals surface area contributed by atoms with E-state index in [-0.39, 0.29) is 53.2 Å². The van der Waals surface area contributed by atoms with Gasteiger partial charge < -0.3 is 19.9 Å². The Morgan fingerprint density at radius 3 is 2.15 bits per heavy atom. The number of para-hydroxylation sites is 1. The molecule has 0 aliphatic carbocycles. The summed E-state index contributed by atoms with van der Waals surface area (Å²) in [4.78, 5) is 46.8. The predicted molar refractivity (Wildman–Crippen MR) is 151 cm³/mol. The Kier molecular flexibility index (Phi) is 8.74. The van der Waals surface area contributed by atoms with E-state index in [1.807, 2.05) is 31.2 Å². The van der Waals surface area contributed by atoms with Gasteiger partial charge in [-0.25, -0.2) is 19.4 Å². The lowest BCUT2D eigenvalue weighted by Crippen LogP contribution is -2.43. The standard InChI is InChI=1S/C30H30ClN3O6/c1-5-38-28(35)23-22(20-16-18-12-8-9-14-21(18)33-26(20)31)24(29(36)39-6-2)27(32)34(25(23)30(37)40-7-3)19-13-10-11-17(4)15-19/h8-16,22H,5-7,32H2,1-4H3. The van der Waals surface area contributed by atoms with E-state index in [2.05, 4.69) is 4.98 Å². The molecule has 0 saturated heterocycles. The molecule has 2 heterocycles. The van der Waals surface area contributed by atoms with Crippen LogP contribution in [0.1, 0.15) is 37.8 Å². The minimum atomic E-state index is -1.25. The summed E-state index contributed by atoms with van der Waals surface area (Å²) in [6.45, 7) is 6.88.